The molecular weight excluding hydrogens is 282 g/mol. The van der Waals surface area contributed by atoms with Crippen LogP contribution < -0.4 is 5.32 Å². The number of carbonyl (C=O) groups excluding carboxylic acids is 2. The Hall–Kier alpha value is -2.40. The fraction of sp³-hybridized carbons (Fsp3) is 0.294. The lowest BCUT2D eigenvalue weighted by Gasteiger charge is -2.10. The van der Waals surface area contributed by atoms with Crippen molar-refractivity contribution in [3.05, 3.63) is 53.8 Å². The highest BCUT2D eigenvalue weighted by molar-refractivity contribution is 6.17. The average Bonchev–Trinajstić information content (AvgIpc) is 2.56. The van der Waals surface area contributed by atoms with E-state index < -0.39 is 5.97 Å². The van der Waals surface area contributed by atoms with Gasteiger partial charge in [-0.3, -0.25) is 4.79 Å². The van der Waals surface area contributed by atoms with Crippen LogP contribution in [0.1, 0.15) is 12.5 Å². The van der Waals surface area contributed by atoms with Crippen LogP contribution in [0.25, 0.3) is 0 Å². The Balaban J connectivity index is 0.000000222. The van der Waals surface area contributed by atoms with Gasteiger partial charge in [0.25, 0.3) is 0 Å². The Labute approximate surface area is 130 Å². The highest BCUT2D eigenvalue weighted by Crippen LogP contribution is 2.18. The van der Waals surface area contributed by atoms with Crippen molar-refractivity contribution >= 4 is 17.4 Å². The van der Waals surface area contributed by atoms with E-state index in [9.17, 15) is 9.59 Å². The lowest BCUT2D eigenvalue weighted by Crippen LogP contribution is -2.18. The molecule has 5 nitrogen and oxygen atoms in total. The van der Waals surface area contributed by atoms with Gasteiger partial charge in [0.05, 0.1) is 7.11 Å². The second-order valence-corrected chi connectivity index (χ2v) is 4.46. The summed E-state index contributed by atoms with van der Waals surface area (Å²) in [5, 5.41) is 3.18. The monoisotopic (exact) mass is 303 g/mol. The highest BCUT2D eigenvalue weighted by Gasteiger charge is 2.16. The van der Waals surface area contributed by atoms with E-state index in [1.165, 1.54) is 31.5 Å². The topological polar surface area (TPSA) is 64.6 Å². The molecule has 0 atom stereocenters. The van der Waals surface area contributed by atoms with E-state index >= 15 is 0 Å². The summed E-state index contributed by atoms with van der Waals surface area (Å²) in [7, 11) is 2.62. The number of hydrogen-bond acceptors (Lipinski definition) is 5. The molecule has 0 fully saturated rings. The van der Waals surface area contributed by atoms with E-state index in [1.54, 1.807) is 6.92 Å². The fourth-order valence-corrected chi connectivity index (χ4v) is 1.89. The zero-order valence-corrected chi connectivity index (χ0v) is 13.1. The maximum Gasteiger partial charge on any atom is 0.341 e. The first-order valence-corrected chi connectivity index (χ1v) is 6.90. The molecule has 0 amide bonds. The van der Waals surface area contributed by atoms with Gasteiger partial charge in [-0.15, -0.1) is 0 Å². The maximum atomic E-state index is 11.1. The number of ketones is 1. The average molecular weight is 303 g/mol. The van der Waals surface area contributed by atoms with Crippen molar-refractivity contribution in [3.8, 4) is 0 Å². The number of nitrogens with one attached hydrogen (secondary N) is 1. The van der Waals surface area contributed by atoms with Gasteiger partial charge in [0, 0.05) is 12.8 Å². The number of anilines is 1. The van der Waals surface area contributed by atoms with Gasteiger partial charge in [-0.2, -0.15) is 0 Å². The van der Waals surface area contributed by atoms with Crippen LogP contribution in [0, 0.1) is 0 Å². The number of fused-ring (bicyclic) bond motifs is 1. The number of Topliss-reactive ketones (excluding diaryl/α,β-unsaturated/α-hetero) is 1. The molecule has 22 heavy (non-hydrogen) atoms. The van der Waals surface area contributed by atoms with Gasteiger partial charge in [-0.05, 0) is 31.2 Å². The molecule has 1 aliphatic rings. The molecule has 118 valence electrons. The van der Waals surface area contributed by atoms with Crippen LogP contribution in [0.15, 0.2) is 48.2 Å². The van der Waals surface area contributed by atoms with E-state index in [-0.39, 0.29) is 18.0 Å². The number of hydrogen-bond donors (Lipinski definition) is 1. The van der Waals surface area contributed by atoms with Gasteiger partial charge in [0.2, 0.25) is 0 Å². The molecule has 5 heteroatoms. The predicted octanol–water partition coefficient (Wildman–Crippen LogP) is 2.49. The van der Waals surface area contributed by atoms with Crippen molar-refractivity contribution in [2.75, 3.05) is 26.1 Å². The Morgan fingerprint density at radius 3 is 2.59 bits per heavy atom. The first-order valence-electron chi connectivity index (χ1n) is 6.90. The lowest BCUT2D eigenvalue weighted by atomic mass is 10.1. The third-order valence-corrected chi connectivity index (χ3v) is 2.98. The van der Waals surface area contributed by atoms with Crippen molar-refractivity contribution in [2.45, 2.75) is 13.3 Å². The summed E-state index contributed by atoms with van der Waals surface area (Å²) >= 11 is 0. The summed E-state index contributed by atoms with van der Waals surface area (Å²) in [5.74, 6) is -0.994. The molecule has 0 bridgehead atoms. The van der Waals surface area contributed by atoms with Gasteiger partial charge in [-0.1, -0.05) is 30.4 Å². The Bertz CT molecular complexity index is 549. The van der Waals surface area contributed by atoms with Crippen LogP contribution in [-0.4, -0.2) is 32.6 Å². The minimum atomic E-state index is -0.625. The zero-order chi connectivity index (χ0) is 16.4. The smallest absolute Gasteiger partial charge is 0.341 e. The molecule has 0 saturated carbocycles. The summed E-state index contributed by atoms with van der Waals surface area (Å²) < 4.78 is 8.97. The molecule has 0 spiro atoms. The largest absolute Gasteiger partial charge is 0.465 e. The van der Waals surface area contributed by atoms with E-state index in [4.69, 9.17) is 0 Å². The van der Waals surface area contributed by atoms with E-state index in [2.05, 4.69) is 39.1 Å². The minimum Gasteiger partial charge on any atom is -0.465 e. The molecule has 2 rings (SSSR count). The summed E-state index contributed by atoms with van der Waals surface area (Å²) in [5.41, 5.74) is 2.65. The second kappa shape index (κ2) is 9.52. The van der Waals surface area contributed by atoms with Gasteiger partial charge in [0.1, 0.15) is 12.2 Å². The van der Waals surface area contributed by atoms with Gasteiger partial charge < -0.3 is 14.8 Å². The maximum absolute atomic E-state index is 11.1. The number of carbonyl (C=O) groups is 2. The minimum absolute atomic E-state index is 0.0272. The SMILES string of the molecule is C/C=C(/C(=O)COC)C(=O)OC.C1=CNc2ccccc2C1. The normalized spacial score (nSPS) is 12.4. The summed E-state index contributed by atoms with van der Waals surface area (Å²) in [4.78, 5) is 22.0. The molecule has 1 heterocycles. The first kappa shape index (κ1) is 17.7. The van der Waals surface area contributed by atoms with Gasteiger partial charge in [-0.25, -0.2) is 4.79 Å². The van der Waals surface area contributed by atoms with E-state index in [0.29, 0.717) is 0 Å². The molecule has 1 aliphatic heterocycles. The second-order valence-electron chi connectivity index (χ2n) is 4.46. The number of benzene rings is 1. The van der Waals surface area contributed by atoms with Crippen molar-refractivity contribution in [2.24, 2.45) is 0 Å². The van der Waals surface area contributed by atoms with Gasteiger partial charge in [0.15, 0.2) is 5.78 Å². The highest BCUT2D eigenvalue weighted by atomic mass is 16.5. The number of ether oxygens (including phenoxy) is 2. The molecule has 1 aromatic carbocycles. The van der Waals surface area contributed by atoms with E-state index in [0.717, 1.165) is 6.42 Å². The standard InChI is InChI=1S/C9H9N.C8H12O4/c1-2-6-9-8(4-1)5-3-7-10-9;1-4-6(8(10)12-3)7(9)5-11-2/h1-4,6-7,10H,5H2;4H,5H2,1-3H3/b;6-4-. The number of methoxy groups -OCH3 is 2. The van der Waals surface area contributed by atoms with Gasteiger partial charge >= 0.3 is 5.97 Å². The summed E-state index contributed by atoms with van der Waals surface area (Å²) in [6.07, 6.45) is 6.58. The first-order chi connectivity index (χ1) is 10.6. The summed E-state index contributed by atoms with van der Waals surface area (Å²) in [6, 6.07) is 8.36. The molecule has 1 aromatic rings. The van der Waals surface area contributed by atoms with Crippen molar-refractivity contribution < 1.29 is 19.1 Å². The number of allylic oxidation sites excluding steroid dienone is 2. The van der Waals surface area contributed by atoms with Crippen LogP contribution in [0.5, 0.6) is 0 Å². The van der Waals surface area contributed by atoms with Crippen LogP contribution in [0.2, 0.25) is 0 Å². The Morgan fingerprint density at radius 1 is 1.27 bits per heavy atom. The number of para-hydroxylation sites is 1. The number of rotatable bonds is 4. The van der Waals surface area contributed by atoms with Crippen LogP contribution >= 0.6 is 0 Å². The van der Waals surface area contributed by atoms with Crippen molar-refractivity contribution in [1.29, 1.82) is 0 Å². The molecule has 0 unspecified atom stereocenters. The zero-order valence-electron chi connectivity index (χ0n) is 13.1. The Kier molecular flexibility index (Phi) is 7.64. The van der Waals surface area contributed by atoms with E-state index in [1.807, 2.05) is 12.3 Å². The lowest BCUT2D eigenvalue weighted by molar-refractivity contribution is -0.138. The molecule has 0 aliphatic carbocycles. The predicted molar refractivity (Wildman–Crippen MR) is 85.6 cm³/mol. The molecule has 0 saturated heterocycles. The van der Waals surface area contributed by atoms with Crippen molar-refractivity contribution in [3.63, 3.8) is 0 Å². The van der Waals surface area contributed by atoms with Crippen molar-refractivity contribution in [1.82, 2.24) is 0 Å². The Morgan fingerprint density at radius 2 is 2.00 bits per heavy atom. The quantitative estimate of drug-likeness (QED) is 0.401. The third-order valence-electron chi connectivity index (χ3n) is 2.98. The van der Waals surface area contributed by atoms with Crippen LogP contribution in [0.4, 0.5) is 5.69 Å². The molecular formula is C17H21NO4. The third kappa shape index (κ3) is 5.18. The van der Waals surface area contributed by atoms with Crippen LogP contribution in [0.3, 0.4) is 0 Å². The molecule has 0 radical (unpaired) electrons. The van der Waals surface area contributed by atoms with Crippen LogP contribution in [-0.2, 0) is 25.5 Å². The number of esters is 1. The summed E-state index contributed by atoms with van der Waals surface area (Å²) in [6.45, 7) is 1.49. The molecule has 1 N–H and O–H groups in total. The fourth-order valence-electron chi connectivity index (χ4n) is 1.89. The molecule has 0 aromatic heterocycles.